The van der Waals surface area contributed by atoms with Crippen LogP contribution in [0.15, 0.2) is 0 Å². The molecule has 0 unspecified atom stereocenters. The predicted octanol–water partition coefficient (Wildman–Crippen LogP) is -5.61. The third-order valence-electron chi connectivity index (χ3n) is 0. The monoisotopic (exact) mass is 168 g/mol. The van der Waals surface area contributed by atoms with Crippen molar-refractivity contribution in [2.45, 2.75) is 0 Å². The first-order valence-corrected chi connectivity index (χ1v) is 3.52. The predicted molar refractivity (Wildman–Crippen MR) is 16.4 cm³/mol. The zero-order chi connectivity index (χ0) is 6.50. The normalized spacial score (nSPS) is 7.88. The van der Waals surface area contributed by atoms with Crippen LogP contribution in [0.1, 0.15) is 1.43 Å². The van der Waals surface area contributed by atoms with Gasteiger partial charge in [0.1, 0.15) is 0 Å². The third-order valence-corrected chi connectivity index (χ3v) is 0. The molecule has 0 aliphatic heterocycles. The molecule has 0 rings (SSSR count). The van der Waals surface area contributed by atoms with Crippen molar-refractivity contribution >= 4 is 9.05 Å². The van der Waals surface area contributed by atoms with Gasteiger partial charge in [-0.05, 0) is 0 Å². The molecule has 44 valence electrons. The van der Waals surface area contributed by atoms with E-state index in [1.165, 1.54) is 0 Å². The summed E-state index contributed by atoms with van der Waals surface area (Å²) in [6.07, 6.45) is 0. The Balaban J connectivity index is -0.0000000286. The second-order valence-electron chi connectivity index (χ2n) is 0.600. The van der Waals surface area contributed by atoms with E-state index in [0.29, 0.717) is 0 Å². The quantitative estimate of drug-likeness (QED) is 0.270. The van der Waals surface area contributed by atoms with Crippen LogP contribution < -0.4 is 18.9 Å². The number of rotatable bonds is 0. The molecule has 0 aliphatic rings. The second kappa shape index (κ2) is 8.17. The molecule has 0 aliphatic carbocycles. The first-order chi connectivity index (χ1) is 3.00. The van der Waals surface area contributed by atoms with E-state index < -0.39 is 9.05 Å². The maximum atomic E-state index is 8.25. The Labute approximate surface area is 72.2 Å². The second-order valence-corrected chi connectivity index (χ2v) is 1.80. The van der Waals surface area contributed by atoms with Gasteiger partial charge >= 0.3 is 51.6 Å². The molecule has 0 saturated heterocycles. The van der Waals surface area contributed by atoms with Crippen LogP contribution in [0.25, 0.3) is 0 Å². The zero-order valence-electron chi connectivity index (χ0n) is 5.20. The average Bonchev–Trinajstić information content (AvgIpc) is 1.36. The number of hydrogen-bond donors (Lipinski definition) is 4. The van der Waals surface area contributed by atoms with Crippen LogP contribution >= 0.6 is 0 Å². The molecular weight excluding hydrogens is 163 g/mol. The van der Waals surface area contributed by atoms with Crippen molar-refractivity contribution in [1.29, 1.82) is 0 Å². The Kier molecular flexibility index (Phi) is 16.4. The molecule has 0 heterocycles. The molecule has 0 radical (unpaired) electrons. The molecule has 0 atom stereocenters. The van der Waals surface area contributed by atoms with Gasteiger partial charge in [0.05, 0.1) is 0 Å². The minimum atomic E-state index is -4.61. The molecule has 4 N–H and O–H groups in total. The van der Waals surface area contributed by atoms with Crippen molar-refractivity contribution in [1.82, 2.24) is 0 Å². The van der Waals surface area contributed by atoms with Crippen LogP contribution in [-0.4, -0.2) is 28.2 Å². The molecule has 0 aromatic carbocycles. The Bertz CT molecular complexity index is 40.7. The average molecular weight is 168 g/mol. The van der Waals surface area contributed by atoms with Crippen molar-refractivity contribution in [2.75, 3.05) is 0 Å². The Hall–Kier alpha value is 1.17. The van der Waals surface area contributed by atoms with Crippen molar-refractivity contribution in [3.05, 3.63) is 0 Å². The van der Waals surface area contributed by atoms with Gasteiger partial charge in [-0.2, -0.15) is 0 Å². The molecule has 0 aromatic rings. The SMILES string of the molecule is O[Si](O)(O)O.[H-].[Li+].[O]=[Ti]. The van der Waals surface area contributed by atoms with E-state index >= 15 is 0 Å². The summed E-state index contributed by atoms with van der Waals surface area (Å²) in [5, 5.41) is 0. The first-order valence-electron chi connectivity index (χ1n) is 1.10. The number of hydrogen-bond acceptors (Lipinski definition) is 5. The summed E-state index contributed by atoms with van der Waals surface area (Å²) >= 11 is 0.750. The summed E-state index contributed by atoms with van der Waals surface area (Å²) in [6, 6.07) is 0. The van der Waals surface area contributed by atoms with E-state index in [9.17, 15) is 0 Å². The molecule has 8 heavy (non-hydrogen) atoms. The Morgan fingerprint density at radius 1 is 1.12 bits per heavy atom. The minimum absolute atomic E-state index is 0. The van der Waals surface area contributed by atoms with Gasteiger partial charge in [0.25, 0.3) is 0 Å². The summed E-state index contributed by atoms with van der Waals surface area (Å²) in [5.74, 6) is 0. The molecule has 0 fully saturated rings. The van der Waals surface area contributed by atoms with Gasteiger partial charge in [-0.25, -0.2) is 0 Å². The summed E-state index contributed by atoms with van der Waals surface area (Å²) in [7, 11) is -4.61. The van der Waals surface area contributed by atoms with Crippen LogP contribution in [0, 0.1) is 0 Å². The molecule has 0 bridgehead atoms. The van der Waals surface area contributed by atoms with Gasteiger partial charge in [0, 0.05) is 0 Å². The fourth-order valence-corrected chi connectivity index (χ4v) is 0. The van der Waals surface area contributed by atoms with Crippen molar-refractivity contribution < 1.29 is 63.2 Å². The van der Waals surface area contributed by atoms with E-state index in [4.69, 9.17) is 22.5 Å². The topological polar surface area (TPSA) is 98.0 Å². The Morgan fingerprint density at radius 3 is 1.12 bits per heavy atom. The van der Waals surface area contributed by atoms with E-state index in [-0.39, 0.29) is 20.3 Å². The van der Waals surface area contributed by atoms with Crippen LogP contribution in [-0.2, 0) is 23.7 Å². The van der Waals surface area contributed by atoms with Crippen molar-refractivity contribution in [3.63, 3.8) is 0 Å². The van der Waals surface area contributed by atoms with Crippen LogP contribution in [0.4, 0.5) is 0 Å². The van der Waals surface area contributed by atoms with E-state index in [2.05, 4.69) is 0 Å². The van der Waals surface area contributed by atoms with E-state index in [0.717, 1.165) is 20.4 Å². The molecule has 0 saturated carbocycles. The van der Waals surface area contributed by atoms with E-state index in [1.54, 1.807) is 0 Å². The van der Waals surface area contributed by atoms with Gasteiger partial charge in [0.15, 0.2) is 0 Å². The molecule has 0 aromatic heterocycles. The van der Waals surface area contributed by atoms with Gasteiger partial charge in [0.2, 0.25) is 0 Å². The summed E-state index contributed by atoms with van der Waals surface area (Å²) in [4.78, 5) is 29.3. The maximum absolute atomic E-state index is 8.25. The van der Waals surface area contributed by atoms with Crippen molar-refractivity contribution in [3.8, 4) is 0 Å². The first kappa shape index (κ1) is 16.1. The summed E-state index contributed by atoms with van der Waals surface area (Å²) in [6.45, 7) is 0. The zero-order valence-corrected chi connectivity index (χ0v) is 6.76. The molecule has 0 spiro atoms. The van der Waals surface area contributed by atoms with Gasteiger partial charge in [-0.3, -0.25) is 0 Å². The molecule has 5 nitrogen and oxygen atoms in total. The molecular formula is H5LiO5SiTi. The molecule has 8 heteroatoms. The van der Waals surface area contributed by atoms with Crippen molar-refractivity contribution in [2.24, 2.45) is 0 Å². The van der Waals surface area contributed by atoms with Gasteiger partial charge in [-0.1, -0.05) is 0 Å². The van der Waals surface area contributed by atoms with Gasteiger partial charge < -0.3 is 20.6 Å². The van der Waals surface area contributed by atoms with Crippen LogP contribution in [0.3, 0.4) is 0 Å². The van der Waals surface area contributed by atoms with Crippen LogP contribution in [0.5, 0.6) is 0 Å². The standard InChI is InChI=1S/Li.H4O4Si.O.Ti.H/c;1-5(2,3)4;;;/h;1-4H;;;/q+1;;;;-1. The fourth-order valence-electron chi connectivity index (χ4n) is 0. The van der Waals surface area contributed by atoms with Crippen LogP contribution in [0.2, 0.25) is 0 Å². The summed E-state index contributed by atoms with van der Waals surface area (Å²) in [5.41, 5.74) is 0. The Morgan fingerprint density at radius 2 is 1.12 bits per heavy atom. The third kappa shape index (κ3) is 200. The summed E-state index contributed by atoms with van der Waals surface area (Å²) < 4.78 is 8.25. The van der Waals surface area contributed by atoms with E-state index in [1.807, 2.05) is 0 Å². The fraction of sp³-hybridized carbons (Fsp3) is 0. The molecule has 0 amide bonds. The van der Waals surface area contributed by atoms with Gasteiger partial charge in [-0.15, -0.1) is 0 Å².